The van der Waals surface area contributed by atoms with Gasteiger partial charge in [0.2, 0.25) is 0 Å². The molecule has 0 bridgehead atoms. The SMILES string of the molecule is Cc1ccc(NC(=O)NCC2CCN(c3ccccc3)C2)cc1. The third-order valence-corrected chi connectivity index (χ3v) is 4.27. The number of nitrogens with zero attached hydrogens (tertiary/aromatic N) is 1. The van der Waals surface area contributed by atoms with Gasteiger partial charge in [0.25, 0.3) is 0 Å². The summed E-state index contributed by atoms with van der Waals surface area (Å²) >= 11 is 0. The van der Waals surface area contributed by atoms with Crippen LogP contribution in [0.15, 0.2) is 54.6 Å². The second-order valence-electron chi connectivity index (χ2n) is 6.14. The molecule has 2 aromatic carbocycles. The van der Waals surface area contributed by atoms with Crippen molar-refractivity contribution in [3.05, 3.63) is 60.2 Å². The molecule has 120 valence electrons. The van der Waals surface area contributed by atoms with E-state index in [2.05, 4.69) is 39.8 Å². The van der Waals surface area contributed by atoms with E-state index < -0.39 is 0 Å². The molecule has 23 heavy (non-hydrogen) atoms. The molecule has 1 heterocycles. The molecule has 0 radical (unpaired) electrons. The third kappa shape index (κ3) is 4.25. The van der Waals surface area contributed by atoms with Crippen LogP contribution in [0.5, 0.6) is 0 Å². The van der Waals surface area contributed by atoms with Gasteiger partial charge in [-0.15, -0.1) is 0 Å². The lowest BCUT2D eigenvalue weighted by Gasteiger charge is -2.18. The van der Waals surface area contributed by atoms with E-state index in [1.165, 1.54) is 11.3 Å². The standard InChI is InChI=1S/C19H23N3O/c1-15-7-9-17(10-8-15)21-19(23)20-13-16-11-12-22(14-16)18-5-3-2-4-6-18/h2-10,16H,11-14H2,1H3,(H2,20,21,23). The highest BCUT2D eigenvalue weighted by Crippen LogP contribution is 2.22. The molecule has 0 aromatic heterocycles. The van der Waals surface area contributed by atoms with Crippen LogP contribution in [0.2, 0.25) is 0 Å². The van der Waals surface area contributed by atoms with Crippen molar-refractivity contribution in [3.63, 3.8) is 0 Å². The molecule has 2 aromatic rings. The summed E-state index contributed by atoms with van der Waals surface area (Å²) in [6.07, 6.45) is 1.11. The van der Waals surface area contributed by atoms with Gasteiger partial charge in [0.15, 0.2) is 0 Å². The van der Waals surface area contributed by atoms with E-state index in [1.807, 2.05) is 37.3 Å². The number of benzene rings is 2. The van der Waals surface area contributed by atoms with Gasteiger partial charge in [0.05, 0.1) is 0 Å². The smallest absolute Gasteiger partial charge is 0.319 e. The number of anilines is 2. The number of nitrogens with one attached hydrogen (secondary N) is 2. The largest absolute Gasteiger partial charge is 0.371 e. The number of hydrogen-bond donors (Lipinski definition) is 2. The lowest BCUT2D eigenvalue weighted by molar-refractivity contribution is 0.250. The Balaban J connectivity index is 1.44. The van der Waals surface area contributed by atoms with Crippen molar-refractivity contribution in [1.82, 2.24) is 5.32 Å². The van der Waals surface area contributed by atoms with Crippen molar-refractivity contribution >= 4 is 17.4 Å². The van der Waals surface area contributed by atoms with Crippen LogP contribution in [0, 0.1) is 12.8 Å². The highest BCUT2D eigenvalue weighted by Gasteiger charge is 2.22. The first-order valence-electron chi connectivity index (χ1n) is 8.12. The monoisotopic (exact) mass is 309 g/mol. The average Bonchev–Trinajstić information content (AvgIpc) is 3.05. The summed E-state index contributed by atoms with van der Waals surface area (Å²) in [6.45, 7) is 4.79. The minimum atomic E-state index is -0.132. The molecule has 1 aliphatic heterocycles. The quantitative estimate of drug-likeness (QED) is 0.905. The minimum absolute atomic E-state index is 0.132. The maximum atomic E-state index is 12.0. The first-order valence-corrected chi connectivity index (χ1v) is 8.12. The second kappa shape index (κ2) is 7.18. The van der Waals surface area contributed by atoms with Crippen LogP contribution in [0.4, 0.5) is 16.2 Å². The van der Waals surface area contributed by atoms with Gasteiger partial charge < -0.3 is 15.5 Å². The molecule has 0 saturated carbocycles. The summed E-state index contributed by atoms with van der Waals surface area (Å²) in [5.74, 6) is 0.499. The van der Waals surface area contributed by atoms with E-state index in [9.17, 15) is 4.79 Å². The van der Waals surface area contributed by atoms with E-state index in [0.29, 0.717) is 12.5 Å². The molecule has 3 rings (SSSR count). The number of aryl methyl sites for hydroxylation is 1. The highest BCUT2D eigenvalue weighted by molar-refractivity contribution is 5.89. The molecular formula is C19H23N3O. The number of urea groups is 1. The van der Waals surface area contributed by atoms with Crippen LogP contribution >= 0.6 is 0 Å². The van der Waals surface area contributed by atoms with Gasteiger partial charge in [0.1, 0.15) is 0 Å². The molecule has 2 amide bonds. The lowest BCUT2D eigenvalue weighted by atomic mass is 10.1. The Morgan fingerprint density at radius 2 is 1.87 bits per heavy atom. The Hall–Kier alpha value is -2.49. The summed E-state index contributed by atoms with van der Waals surface area (Å²) in [7, 11) is 0. The topological polar surface area (TPSA) is 44.4 Å². The lowest BCUT2D eigenvalue weighted by Crippen LogP contribution is -2.34. The van der Waals surface area contributed by atoms with Gasteiger partial charge in [-0.1, -0.05) is 35.9 Å². The minimum Gasteiger partial charge on any atom is -0.371 e. The van der Waals surface area contributed by atoms with Crippen LogP contribution in [0.3, 0.4) is 0 Å². The number of carbonyl (C=O) groups excluding carboxylic acids is 1. The Labute approximate surface area is 137 Å². The fourth-order valence-corrected chi connectivity index (χ4v) is 2.92. The Bertz CT molecular complexity index is 639. The Kier molecular flexibility index (Phi) is 4.81. The number of amides is 2. The van der Waals surface area contributed by atoms with Crippen molar-refractivity contribution in [2.24, 2.45) is 5.92 Å². The number of para-hydroxylation sites is 1. The number of hydrogen-bond acceptors (Lipinski definition) is 2. The third-order valence-electron chi connectivity index (χ3n) is 4.27. The zero-order chi connectivity index (χ0) is 16.1. The molecule has 2 N–H and O–H groups in total. The predicted molar refractivity (Wildman–Crippen MR) is 95.0 cm³/mol. The molecule has 0 spiro atoms. The predicted octanol–water partition coefficient (Wildman–Crippen LogP) is 3.64. The van der Waals surface area contributed by atoms with Crippen LogP contribution < -0.4 is 15.5 Å². The highest BCUT2D eigenvalue weighted by atomic mass is 16.2. The molecular weight excluding hydrogens is 286 g/mol. The Morgan fingerprint density at radius 3 is 2.61 bits per heavy atom. The molecule has 4 heteroatoms. The van der Waals surface area contributed by atoms with Crippen LogP contribution in [0.25, 0.3) is 0 Å². The van der Waals surface area contributed by atoms with Crippen molar-refractivity contribution in [2.75, 3.05) is 29.9 Å². The zero-order valence-corrected chi connectivity index (χ0v) is 13.5. The van der Waals surface area contributed by atoms with Crippen molar-refractivity contribution in [2.45, 2.75) is 13.3 Å². The number of carbonyl (C=O) groups is 1. The second-order valence-corrected chi connectivity index (χ2v) is 6.14. The molecule has 4 nitrogen and oxygen atoms in total. The molecule has 1 fully saturated rings. The van der Waals surface area contributed by atoms with Gasteiger partial charge in [0, 0.05) is 31.0 Å². The first-order chi connectivity index (χ1) is 11.2. The van der Waals surface area contributed by atoms with Crippen molar-refractivity contribution in [1.29, 1.82) is 0 Å². The van der Waals surface area contributed by atoms with Gasteiger partial charge in [-0.2, -0.15) is 0 Å². The van der Waals surface area contributed by atoms with Gasteiger partial charge in [-0.05, 0) is 43.5 Å². The van der Waals surface area contributed by atoms with Crippen LogP contribution in [0.1, 0.15) is 12.0 Å². The molecule has 1 atom stereocenters. The summed E-state index contributed by atoms with van der Waals surface area (Å²) in [4.78, 5) is 14.3. The first kappa shape index (κ1) is 15.4. The molecule has 1 saturated heterocycles. The molecule has 0 aliphatic carbocycles. The average molecular weight is 309 g/mol. The van der Waals surface area contributed by atoms with E-state index >= 15 is 0 Å². The summed E-state index contributed by atoms with van der Waals surface area (Å²) in [5, 5.41) is 5.86. The number of rotatable bonds is 4. The van der Waals surface area contributed by atoms with Crippen LogP contribution in [-0.4, -0.2) is 25.7 Å². The normalized spacial score (nSPS) is 17.1. The molecule has 1 unspecified atom stereocenters. The summed E-state index contributed by atoms with van der Waals surface area (Å²) in [6, 6.07) is 18.1. The van der Waals surface area contributed by atoms with Crippen LogP contribution in [-0.2, 0) is 0 Å². The van der Waals surface area contributed by atoms with E-state index in [1.54, 1.807) is 0 Å². The molecule has 1 aliphatic rings. The summed E-state index contributed by atoms with van der Waals surface area (Å²) in [5.41, 5.74) is 3.27. The van der Waals surface area contributed by atoms with Gasteiger partial charge >= 0.3 is 6.03 Å². The van der Waals surface area contributed by atoms with Gasteiger partial charge in [-0.25, -0.2) is 4.79 Å². The van der Waals surface area contributed by atoms with E-state index in [-0.39, 0.29) is 6.03 Å². The van der Waals surface area contributed by atoms with E-state index in [4.69, 9.17) is 0 Å². The Morgan fingerprint density at radius 1 is 1.13 bits per heavy atom. The summed E-state index contributed by atoms with van der Waals surface area (Å²) < 4.78 is 0. The van der Waals surface area contributed by atoms with Gasteiger partial charge in [-0.3, -0.25) is 0 Å². The van der Waals surface area contributed by atoms with E-state index in [0.717, 1.165) is 25.2 Å². The fraction of sp³-hybridized carbons (Fsp3) is 0.316. The van der Waals surface area contributed by atoms with Crippen molar-refractivity contribution in [3.8, 4) is 0 Å². The van der Waals surface area contributed by atoms with Crippen molar-refractivity contribution < 1.29 is 4.79 Å². The fourth-order valence-electron chi connectivity index (χ4n) is 2.92. The maximum Gasteiger partial charge on any atom is 0.319 e. The maximum absolute atomic E-state index is 12.0. The zero-order valence-electron chi connectivity index (χ0n) is 13.5.